The molecule has 0 fully saturated rings. The lowest BCUT2D eigenvalue weighted by atomic mass is 10.7. The topological polar surface area (TPSA) is 56.6 Å². The Balaban J connectivity index is 2.81. The number of rotatable bonds is 4. The van der Waals surface area contributed by atoms with Gasteiger partial charge in [0.25, 0.3) is 0 Å². The van der Waals surface area contributed by atoms with Crippen LogP contribution < -0.4 is 8.59 Å². The van der Waals surface area contributed by atoms with E-state index in [9.17, 15) is 8.28 Å². The fraction of sp³-hybridized carbons (Fsp3) is 1.00. The molecule has 1 unspecified atom stereocenters. The Morgan fingerprint density at radius 1 is 1.88 bits per heavy atom. The third-order valence-corrected chi connectivity index (χ3v) is 1.48. The van der Waals surface area contributed by atoms with E-state index < -0.39 is 21.5 Å². The van der Waals surface area contributed by atoms with Gasteiger partial charge in [0.2, 0.25) is 21.5 Å². The van der Waals surface area contributed by atoms with Crippen molar-refractivity contribution in [2.24, 2.45) is 0 Å². The molecular formula is C3H9IN2O2. The molecule has 0 saturated carbocycles. The highest BCUT2D eigenvalue weighted by Crippen LogP contribution is 1.75. The molecule has 1 atom stereocenters. The van der Waals surface area contributed by atoms with Gasteiger partial charge >= 0.3 is 0 Å². The van der Waals surface area contributed by atoms with Gasteiger partial charge in [-0.3, -0.25) is 3.07 Å². The van der Waals surface area contributed by atoms with Crippen LogP contribution in [-0.2, 0) is 3.07 Å². The normalized spacial score (nSPS) is 13.8. The molecule has 50 valence electrons. The molecule has 0 rings (SSSR count). The van der Waals surface area contributed by atoms with E-state index in [1.54, 1.807) is 0 Å². The Morgan fingerprint density at radius 2 is 2.50 bits per heavy atom. The Labute approximate surface area is 58.8 Å². The third-order valence-electron chi connectivity index (χ3n) is 0.626. The van der Waals surface area contributed by atoms with E-state index >= 15 is 0 Å². The highest BCUT2D eigenvalue weighted by molar-refractivity contribution is 14.1. The smallest absolute Gasteiger partial charge is 0.237 e. The lowest BCUT2D eigenvalue weighted by molar-refractivity contribution is -0.824. The van der Waals surface area contributed by atoms with Crippen LogP contribution in [-0.4, -0.2) is 20.1 Å². The summed E-state index contributed by atoms with van der Waals surface area (Å²) >= 11 is -1.08. The van der Waals surface area contributed by atoms with E-state index in [4.69, 9.17) is 0 Å². The van der Waals surface area contributed by atoms with Gasteiger partial charge < -0.3 is 10.3 Å². The van der Waals surface area contributed by atoms with Crippen molar-refractivity contribution in [2.45, 2.75) is 0 Å². The van der Waals surface area contributed by atoms with Gasteiger partial charge in [0.15, 0.2) is 0 Å². The molecule has 2 N–H and O–H groups in total. The summed E-state index contributed by atoms with van der Waals surface area (Å²) in [5.41, 5.74) is 0. The molecule has 5 heteroatoms. The predicted molar refractivity (Wildman–Crippen MR) is 37.8 cm³/mol. The van der Waals surface area contributed by atoms with E-state index in [1.807, 2.05) is 0 Å². The Hall–Kier alpha value is 0.410. The fourth-order valence-electron chi connectivity index (χ4n) is 0.262. The summed E-state index contributed by atoms with van der Waals surface area (Å²) in [7, 11) is 1.52. The molecule has 0 aliphatic rings. The summed E-state index contributed by atoms with van der Waals surface area (Å²) in [6.07, 6.45) is 0. The first-order chi connectivity index (χ1) is 3.77. The van der Waals surface area contributed by atoms with E-state index in [0.29, 0.717) is 13.1 Å². The van der Waals surface area contributed by atoms with Gasteiger partial charge in [-0.25, -0.2) is 3.53 Å². The third kappa shape index (κ3) is 6.41. The quantitative estimate of drug-likeness (QED) is 0.277. The second kappa shape index (κ2) is 5.54. The maximum absolute atomic E-state index is 10.2. The van der Waals surface area contributed by atoms with Crippen LogP contribution in [0.4, 0.5) is 0 Å². The first-order valence-corrected chi connectivity index (χ1v) is 4.21. The molecule has 0 spiro atoms. The van der Waals surface area contributed by atoms with Crippen LogP contribution in [0.15, 0.2) is 0 Å². The standard InChI is InChI=1S/C3H9IN2O2/c1-6(8)3-2-5-4-7/h6H,2-3H2,1H3,(H,5,7). The molecule has 0 radical (unpaired) electrons. The van der Waals surface area contributed by atoms with Crippen molar-refractivity contribution in [3.05, 3.63) is 5.21 Å². The van der Waals surface area contributed by atoms with E-state index in [0.717, 1.165) is 0 Å². The Kier molecular flexibility index (Phi) is 5.83. The van der Waals surface area contributed by atoms with Gasteiger partial charge in [-0.05, 0) is 0 Å². The zero-order chi connectivity index (χ0) is 6.41. The van der Waals surface area contributed by atoms with Gasteiger partial charge in [-0.15, -0.1) is 0 Å². The second-order valence-electron chi connectivity index (χ2n) is 1.41. The maximum atomic E-state index is 10.2. The molecular weight excluding hydrogens is 223 g/mol. The summed E-state index contributed by atoms with van der Waals surface area (Å²) in [6.45, 7) is 1.05. The van der Waals surface area contributed by atoms with E-state index in [2.05, 4.69) is 3.53 Å². The maximum Gasteiger partial charge on any atom is 0.237 e. The SMILES string of the molecule is C[NH+]([O-])CCNI=O. The second-order valence-corrected chi connectivity index (χ2v) is 2.62. The zero-order valence-corrected chi connectivity index (χ0v) is 6.77. The van der Waals surface area contributed by atoms with E-state index in [1.165, 1.54) is 7.05 Å². The number of nitrogens with one attached hydrogen (secondary N) is 2. The fourth-order valence-corrected chi connectivity index (χ4v) is 0.752. The van der Waals surface area contributed by atoms with Gasteiger partial charge in [-0.1, -0.05) is 0 Å². The Morgan fingerprint density at radius 3 is 2.88 bits per heavy atom. The minimum Gasteiger partial charge on any atom is -0.634 e. The van der Waals surface area contributed by atoms with Gasteiger partial charge in [0.1, 0.15) is 0 Å². The molecule has 0 bridgehead atoms. The molecule has 0 saturated heterocycles. The molecule has 0 aliphatic carbocycles. The minimum absolute atomic E-state index is 0.134. The summed E-state index contributed by atoms with van der Waals surface area (Å²) in [4.78, 5) is 0. The molecule has 0 heterocycles. The van der Waals surface area contributed by atoms with Gasteiger partial charge in [0.05, 0.1) is 20.1 Å². The average Bonchev–Trinajstić information content (AvgIpc) is 1.66. The van der Waals surface area contributed by atoms with Crippen molar-refractivity contribution < 1.29 is 8.13 Å². The summed E-state index contributed by atoms with van der Waals surface area (Å²) in [5, 5.41) is 10.3. The van der Waals surface area contributed by atoms with Crippen LogP contribution in [0, 0.1) is 5.21 Å². The van der Waals surface area contributed by atoms with Crippen molar-refractivity contribution >= 4 is 21.5 Å². The van der Waals surface area contributed by atoms with Crippen molar-refractivity contribution in [3.63, 3.8) is 0 Å². The number of halogens is 1. The van der Waals surface area contributed by atoms with Crippen LogP contribution in [0.25, 0.3) is 0 Å². The van der Waals surface area contributed by atoms with Crippen LogP contribution in [0.5, 0.6) is 0 Å². The number of quaternary nitrogens is 1. The van der Waals surface area contributed by atoms with Crippen LogP contribution in [0.2, 0.25) is 0 Å². The van der Waals surface area contributed by atoms with Crippen molar-refractivity contribution in [1.82, 2.24) is 3.53 Å². The molecule has 4 nitrogen and oxygen atoms in total. The molecule has 8 heavy (non-hydrogen) atoms. The van der Waals surface area contributed by atoms with Crippen LogP contribution in [0.3, 0.4) is 0 Å². The largest absolute Gasteiger partial charge is 0.634 e. The monoisotopic (exact) mass is 232 g/mol. The number of hydroxylamine groups is 2. The lowest BCUT2D eigenvalue weighted by Crippen LogP contribution is -3.04. The van der Waals surface area contributed by atoms with E-state index in [-0.39, 0.29) is 5.06 Å². The summed E-state index contributed by atoms with van der Waals surface area (Å²) < 4.78 is 12.4. The highest BCUT2D eigenvalue weighted by atomic mass is 127. The van der Waals surface area contributed by atoms with Gasteiger partial charge in [-0.2, -0.15) is 0 Å². The van der Waals surface area contributed by atoms with Crippen molar-refractivity contribution in [3.8, 4) is 0 Å². The summed E-state index contributed by atoms with van der Waals surface area (Å²) in [6, 6.07) is 0. The molecule has 0 amide bonds. The van der Waals surface area contributed by atoms with Crippen LogP contribution in [0.1, 0.15) is 0 Å². The molecule has 0 aromatic heterocycles. The van der Waals surface area contributed by atoms with Crippen LogP contribution >= 0.6 is 21.5 Å². The highest BCUT2D eigenvalue weighted by Gasteiger charge is 1.85. The minimum atomic E-state index is -1.08. The number of hydrogen-bond acceptors (Lipinski definition) is 2. The van der Waals surface area contributed by atoms with Gasteiger partial charge in [0, 0.05) is 0 Å². The molecule has 0 aromatic rings. The summed E-state index contributed by atoms with van der Waals surface area (Å²) in [5.74, 6) is 0. The predicted octanol–water partition coefficient (Wildman–Crippen LogP) is -1.18. The molecule has 0 aliphatic heterocycles. The van der Waals surface area contributed by atoms with Crippen molar-refractivity contribution in [1.29, 1.82) is 0 Å². The Bertz CT molecular complexity index is 68.3. The lowest BCUT2D eigenvalue weighted by Gasteiger charge is -2.14. The first kappa shape index (κ1) is 8.41. The van der Waals surface area contributed by atoms with Crippen molar-refractivity contribution in [2.75, 3.05) is 20.1 Å². The number of hydrogen-bond donors (Lipinski definition) is 2. The number of likely N-dealkylation sites (N-methyl/N-ethyl adjacent to an activating group) is 1. The zero-order valence-electron chi connectivity index (χ0n) is 4.61. The average molecular weight is 232 g/mol. The molecule has 0 aromatic carbocycles. The first-order valence-electron chi connectivity index (χ1n) is 2.25.